The number of aryl methyl sites for hydroxylation is 1. The standard InChI is InChI=1S/C26H30N2O/c1-19(2)24-11-7-22(8-12-24)17-28-26(29)16-21-9-13-25(14-10-21)27-18-23-6-4-5-20(3)15-23/h4-15,19,27H,16-18H2,1-3H3,(H,28,29). The quantitative estimate of drug-likeness (QED) is 0.530. The number of amides is 1. The third-order valence-electron chi connectivity index (χ3n) is 5.03. The van der Waals surface area contributed by atoms with Crippen LogP contribution in [0.25, 0.3) is 0 Å². The van der Waals surface area contributed by atoms with Crippen LogP contribution < -0.4 is 10.6 Å². The molecular weight excluding hydrogens is 356 g/mol. The SMILES string of the molecule is Cc1cccc(CNc2ccc(CC(=O)NCc3ccc(C(C)C)cc3)cc2)c1. The molecule has 3 aromatic rings. The van der Waals surface area contributed by atoms with Gasteiger partial charge in [-0.3, -0.25) is 4.79 Å². The van der Waals surface area contributed by atoms with Crippen molar-refractivity contribution in [3.05, 3.63) is 101 Å². The zero-order valence-corrected chi connectivity index (χ0v) is 17.5. The van der Waals surface area contributed by atoms with Crippen LogP contribution in [-0.2, 0) is 24.3 Å². The van der Waals surface area contributed by atoms with Gasteiger partial charge in [-0.25, -0.2) is 0 Å². The first kappa shape index (κ1) is 20.7. The highest BCUT2D eigenvalue weighted by Crippen LogP contribution is 2.15. The molecule has 3 heteroatoms. The molecular formula is C26H30N2O. The molecule has 0 radical (unpaired) electrons. The maximum atomic E-state index is 12.3. The number of hydrogen-bond donors (Lipinski definition) is 2. The van der Waals surface area contributed by atoms with Crippen molar-refractivity contribution in [3.63, 3.8) is 0 Å². The first-order valence-electron chi connectivity index (χ1n) is 10.2. The molecule has 0 saturated carbocycles. The van der Waals surface area contributed by atoms with Crippen molar-refractivity contribution in [3.8, 4) is 0 Å². The van der Waals surface area contributed by atoms with Gasteiger partial charge in [-0.15, -0.1) is 0 Å². The maximum absolute atomic E-state index is 12.3. The maximum Gasteiger partial charge on any atom is 0.224 e. The van der Waals surface area contributed by atoms with E-state index in [1.165, 1.54) is 16.7 Å². The van der Waals surface area contributed by atoms with Crippen LogP contribution in [0, 0.1) is 6.92 Å². The molecule has 0 fully saturated rings. The molecule has 0 atom stereocenters. The van der Waals surface area contributed by atoms with Crippen molar-refractivity contribution in [2.75, 3.05) is 5.32 Å². The fraction of sp³-hybridized carbons (Fsp3) is 0.269. The normalized spacial score (nSPS) is 10.8. The van der Waals surface area contributed by atoms with Gasteiger partial charge in [0, 0.05) is 18.8 Å². The van der Waals surface area contributed by atoms with Gasteiger partial charge in [0.05, 0.1) is 6.42 Å². The fourth-order valence-electron chi connectivity index (χ4n) is 3.24. The van der Waals surface area contributed by atoms with E-state index in [2.05, 4.69) is 79.9 Å². The van der Waals surface area contributed by atoms with Gasteiger partial charge < -0.3 is 10.6 Å². The lowest BCUT2D eigenvalue weighted by Gasteiger charge is -2.10. The smallest absolute Gasteiger partial charge is 0.224 e. The Morgan fingerprint density at radius 2 is 1.52 bits per heavy atom. The number of rotatable bonds is 8. The highest BCUT2D eigenvalue weighted by Gasteiger charge is 2.05. The van der Waals surface area contributed by atoms with E-state index < -0.39 is 0 Å². The first-order valence-corrected chi connectivity index (χ1v) is 10.2. The van der Waals surface area contributed by atoms with E-state index >= 15 is 0 Å². The summed E-state index contributed by atoms with van der Waals surface area (Å²) in [4.78, 5) is 12.3. The minimum Gasteiger partial charge on any atom is -0.381 e. The van der Waals surface area contributed by atoms with Crippen molar-refractivity contribution >= 4 is 11.6 Å². The van der Waals surface area contributed by atoms with E-state index in [-0.39, 0.29) is 5.91 Å². The van der Waals surface area contributed by atoms with Crippen LogP contribution in [0.15, 0.2) is 72.8 Å². The van der Waals surface area contributed by atoms with Crippen LogP contribution in [-0.4, -0.2) is 5.91 Å². The Balaban J connectivity index is 1.45. The lowest BCUT2D eigenvalue weighted by atomic mass is 10.0. The van der Waals surface area contributed by atoms with Gasteiger partial charge in [0.15, 0.2) is 0 Å². The average molecular weight is 387 g/mol. The molecule has 3 nitrogen and oxygen atoms in total. The number of nitrogens with one attached hydrogen (secondary N) is 2. The summed E-state index contributed by atoms with van der Waals surface area (Å²) in [7, 11) is 0. The van der Waals surface area contributed by atoms with Crippen LogP contribution in [0.3, 0.4) is 0 Å². The van der Waals surface area contributed by atoms with E-state index in [1.54, 1.807) is 0 Å². The molecule has 2 N–H and O–H groups in total. The van der Waals surface area contributed by atoms with Crippen LogP contribution in [0.5, 0.6) is 0 Å². The Labute approximate surface area is 174 Å². The largest absolute Gasteiger partial charge is 0.381 e. The zero-order valence-electron chi connectivity index (χ0n) is 17.5. The molecule has 0 spiro atoms. The van der Waals surface area contributed by atoms with Gasteiger partial charge in [0.25, 0.3) is 0 Å². The summed E-state index contributed by atoms with van der Waals surface area (Å²) >= 11 is 0. The summed E-state index contributed by atoms with van der Waals surface area (Å²) in [5.41, 5.74) is 7.03. The monoisotopic (exact) mass is 386 g/mol. The summed E-state index contributed by atoms with van der Waals surface area (Å²) in [5, 5.41) is 6.44. The molecule has 0 aliphatic rings. The summed E-state index contributed by atoms with van der Waals surface area (Å²) in [5.74, 6) is 0.561. The Morgan fingerprint density at radius 1 is 0.828 bits per heavy atom. The third kappa shape index (κ3) is 6.49. The molecule has 29 heavy (non-hydrogen) atoms. The Morgan fingerprint density at radius 3 is 2.17 bits per heavy atom. The van der Waals surface area contributed by atoms with Gasteiger partial charge in [0.1, 0.15) is 0 Å². The molecule has 0 aromatic heterocycles. The van der Waals surface area contributed by atoms with Crippen molar-refractivity contribution in [2.24, 2.45) is 0 Å². The number of anilines is 1. The van der Waals surface area contributed by atoms with Crippen LogP contribution in [0.2, 0.25) is 0 Å². The molecule has 150 valence electrons. The number of carbonyl (C=O) groups is 1. The molecule has 1 amide bonds. The lowest BCUT2D eigenvalue weighted by Crippen LogP contribution is -2.24. The van der Waals surface area contributed by atoms with E-state index in [9.17, 15) is 4.79 Å². The molecule has 0 aliphatic carbocycles. The Hall–Kier alpha value is -3.07. The number of carbonyl (C=O) groups excluding carboxylic acids is 1. The van der Waals surface area contributed by atoms with E-state index in [4.69, 9.17) is 0 Å². The number of benzene rings is 3. The Kier molecular flexibility index (Phi) is 7.07. The second kappa shape index (κ2) is 9.92. The summed E-state index contributed by atoms with van der Waals surface area (Å²) < 4.78 is 0. The van der Waals surface area contributed by atoms with E-state index in [0.717, 1.165) is 23.4 Å². The molecule has 0 unspecified atom stereocenters. The fourth-order valence-corrected chi connectivity index (χ4v) is 3.24. The van der Waals surface area contributed by atoms with Crippen molar-refractivity contribution < 1.29 is 4.79 Å². The van der Waals surface area contributed by atoms with Crippen molar-refractivity contribution in [1.82, 2.24) is 5.32 Å². The van der Waals surface area contributed by atoms with Gasteiger partial charge in [-0.05, 0) is 47.2 Å². The predicted molar refractivity (Wildman–Crippen MR) is 121 cm³/mol. The summed E-state index contributed by atoms with van der Waals surface area (Å²) in [6.07, 6.45) is 0.391. The topological polar surface area (TPSA) is 41.1 Å². The minimum absolute atomic E-state index is 0.0402. The van der Waals surface area contributed by atoms with Crippen LogP contribution in [0.4, 0.5) is 5.69 Å². The average Bonchev–Trinajstić information content (AvgIpc) is 2.72. The van der Waals surface area contributed by atoms with E-state index in [0.29, 0.717) is 18.9 Å². The lowest BCUT2D eigenvalue weighted by molar-refractivity contribution is -0.120. The molecule has 0 aliphatic heterocycles. The first-order chi connectivity index (χ1) is 14.0. The molecule has 3 aromatic carbocycles. The van der Waals surface area contributed by atoms with Gasteiger partial charge in [-0.2, -0.15) is 0 Å². The molecule has 0 saturated heterocycles. The minimum atomic E-state index is 0.0402. The second-order valence-corrected chi connectivity index (χ2v) is 7.89. The van der Waals surface area contributed by atoms with Crippen LogP contribution >= 0.6 is 0 Å². The second-order valence-electron chi connectivity index (χ2n) is 7.89. The van der Waals surface area contributed by atoms with Gasteiger partial charge in [0.2, 0.25) is 5.91 Å². The zero-order chi connectivity index (χ0) is 20.6. The number of hydrogen-bond acceptors (Lipinski definition) is 2. The summed E-state index contributed by atoms with van der Waals surface area (Å²) in [6, 6.07) is 25.0. The molecule has 3 rings (SSSR count). The van der Waals surface area contributed by atoms with Gasteiger partial charge >= 0.3 is 0 Å². The third-order valence-corrected chi connectivity index (χ3v) is 5.03. The predicted octanol–water partition coefficient (Wildman–Crippen LogP) is 5.59. The highest BCUT2D eigenvalue weighted by atomic mass is 16.1. The van der Waals surface area contributed by atoms with Crippen molar-refractivity contribution in [1.29, 1.82) is 0 Å². The summed E-state index contributed by atoms with van der Waals surface area (Å²) in [6.45, 7) is 7.81. The molecule has 0 heterocycles. The highest BCUT2D eigenvalue weighted by molar-refractivity contribution is 5.78. The van der Waals surface area contributed by atoms with E-state index in [1.807, 2.05) is 24.3 Å². The Bertz CT molecular complexity index is 928. The molecule has 0 bridgehead atoms. The van der Waals surface area contributed by atoms with Crippen LogP contribution in [0.1, 0.15) is 47.6 Å². The van der Waals surface area contributed by atoms with Crippen molar-refractivity contribution in [2.45, 2.75) is 46.2 Å². The van der Waals surface area contributed by atoms with Gasteiger partial charge in [-0.1, -0.05) is 80.1 Å².